The Morgan fingerprint density at radius 3 is 2.45 bits per heavy atom. The standard InChI is InChI=1S/C28H37O4P/c1-4-31-33(32-5-2)21-10-6-18(7-11-21)24-17-28(3)25(14-15-26(28)30)23-12-8-19-16-20(29)9-13-22(19)27(23)24/h6-7,10-11,16,23-26,30H,4-5,8-9,12-15,17H2,1-3H3. The maximum atomic E-state index is 12.2. The summed E-state index contributed by atoms with van der Waals surface area (Å²) in [5.41, 5.74) is 5.63. The zero-order chi connectivity index (χ0) is 23.2. The summed E-state index contributed by atoms with van der Waals surface area (Å²) in [7, 11) is -1.04. The van der Waals surface area contributed by atoms with Crippen LogP contribution >= 0.6 is 8.38 Å². The van der Waals surface area contributed by atoms with Crippen molar-refractivity contribution >= 4 is 19.5 Å². The number of ketones is 1. The quantitative estimate of drug-likeness (QED) is 0.524. The average Bonchev–Trinajstić information content (AvgIpc) is 3.12. The normalized spacial score (nSPS) is 33.6. The summed E-state index contributed by atoms with van der Waals surface area (Å²) in [6.45, 7) is 7.62. The lowest BCUT2D eigenvalue weighted by molar-refractivity contribution is -0.114. The average molecular weight is 469 g/mol. The Morgan fingerprint density at radius 1 is 1.03 bits per heavy atom. The molecule has 0 amide bonds. The van der Waals surface area contributed by atoms with Gasteiger partial charge in [0.05, 0.1) is 19.3 Å². The molecule has 0 bridgehead atoms. The largest absolute Gasteiger partial charge is 0.393 e. The molecule has 1 aromatic rings. The Hall–Kier alpha value is -1.32. The Balaban J connectivity index is 1.56. The van der Waals surface area contributed by atoms with Crippen molar-refractivity contribution in [1.82, 2.24) is 0 Å². The third-order valence-corrected chi connectivity index (χ3v) is 10.4. The van der Waals surface area contributed by atoms with Crippen LogP contribution in [0.15, 0.2) is 47.1 Å². The first-order valence-corrected chi connectivity index (χ1v) is 13.9. The number of hydrogen-bond donors (Lipinski definition) is 1. The van der Waals surface area contributed by atoms with Gasteiger partial charge < -0.3 is 14.2 Å². The van der Waals surface area contributed by atoms with Crippen molar-refractivity contribution in [3.8, 4) is 0 Å². The number of fused-ring (bicyclic) bond motifs is 4. The summed E-state index contributed by atoms with van der Waals surface area (Å²) in [5.74, 6) is 1.66. The van der Waals surface area contributed by atoms with Crippen LogP contribution in [0.4, 0.5) is 0 Å². The summed E-state index contributed by atoms with van der Waals surface area (Å²) in [4.78, 5) is 12.2. The monoisotopic (exact) mass is 468 g/mol. The van der Waals surface area contributed by atoms with Gasteiger partial charge in [-0.05, 0) is 105 Å². The Bertz CT molecular complexity index is 959. The smallest absolute Gasteiger partial charge is 0.205 e. The molecule has 5 unspecified atom stereocenters. The van der Waals surface area contributed by atoms with Crippen LogP contribution in [-0.2, 0) is 13.8 Å². The van der Waals surface area contributed by atoms with Crippen molar-refractivity contribution in [3.05, 3.63) is 52.6 Å². The predicted octanol–water partition coefficient (Wildman–Crippen LogP) is 5.96. The van der Waals surface area contributed by atoms with E-state index in [4.69, 9.17) is 9.05 Å². The SMILES string of the molecule is CCOP(OCC)c1ccc(C2CC3(C)C(O)CCC3C3CCC4=CC(=O)CCC4=C23)cc1. The summed E-state index contributed by atoms with van der Waals surface area (Å²) in [6.07, 6.45) is 8.38. The van der Waals surface area contributed by atoms with Crippen LogP contribution in [0.3, 0.4) is 0 Å². The molecule has 178 valence electrons. The minimum atomic E-state index is -1.04. The molecule has 5 rings (SSSR count). The van der Waals surface area contributed by atoms with Crippen LogP contribution in [-0.4, -0.2) is 30.2 Å². The molecule has 2 fully saturated rings. The minimum Gasteiger partial charge on any atom is -0.393 e. The molecule has 5 atom stereocenters. The molecular weight excluding hydrogens is 431 g/mol. The number of benzene rings is 1. The van der Waals surface area contributed by atoms with Crippen molar-refractivity contribution in [2.24, 2.45) is 17.3 Å². The van der Waals surface area contributed by atoms with Crippen molar-refractivity contribution < 1.29 is 18.9 Å². The van der Waals surface area contributed by atoms with Gasteiger partial charge in [0.25, 0.3) is 0 Å². The molecule has 4 aliphatic rings. The second-order valence-electron chi connectivity index (χ2n) is 10.4. The van der Waals surface area contributed by atoms with E-state index in [-0.39, 0.29) is 17.3 Å². The number of allylic oxidation sites excluding steroid dienone is 4. The highest BCUT2D eigenvalue weighted by atomic mass is 31.2. The first-order chi connectivity index (χ1) is 16.0. The number of carbonyl (C=O) groups excluding carboxylic acids is 1. The first kappa shape index (κ1) is 23.4. The van der Waals surface area contributed by atoms with E-state index >= 15 is 0 Å². The van der Waals surface area contributed by atoms with E-state index in [0.29, 0.717) is 37.4 Å². The number of aliphatic hydroxyl groups excluding tert-OH is 1. The highest BCUT2D eigenvalue weighted by Crippen LogP contribution is 2.63. The van der Waals surface area contributed by atoms with Gasteiger partial charge in [-0.15, -0.1) is 0 Å². The van der Waals surface area contributed by atoms with Gasteiger partial charge in [-0.2, -0.15) is 0 Å². The molecule has 33 heavy (non-hydrogen) atoms. The molecule has 0 aromatic heterocycles. The fourth-order valence-corrected chi connectivity index (χ4v) is 8.41. The number of rotatable bonds is 6. The number of aliphatic hydroxyl groups is 1. The molecular formula is C28H37O4P. The molecule has 2 saturated carbocycles. The van der Waals surface area contributed by atoms with Crippen molar-refractivity contribution in [2.45, 2.75) is 77.7 Å². The maximum absolute atomic E-state index is 12.2. The van der Waals surface area contributed by atoms with Gasteiger partial charge in [0.1, 0.15) is 0 Å². The lowest BCUT2D eigenvalue weighted by Gasteiger charge is -2.52. The molecule has 0 radical (unpaired) electrons. The van der Waals surface area contributed by atoms with Gasteiger partial charge in [0, 0.05) is 17.6 Å². The Morgan fingerprint density at radius 2 is 1.76 bits per heavy atom. The van der Waals surface area contributed by atoms with E-state index in [0.717, 1.165) is 43.8 Å². The Kier molecular flexibility index (Phi) is 6.66. The second kappa shape index (κ2) is 9.38. The third-order valence-electron chi connectivity index (χ3n) is 8.68. The number of carbonyl (C=O) groups is 1. The molecule has 4 nitrogen and oxygen atoms in total. The van der Waals surface area contributed by atoms with E-state index in [1.54, 1.807) is 5.57 Å². The molecule has 1 aromatic carbocycles. The summed E-state index contributed by atoms with van der Waals surface area (Å²) in [6, 6.07) is 8.87. The van der Waals surface area contributed by atoms with E-state index < -0.39 is 8.38 Å². The van der Waals surface area contributed by atoms with Gasteiger partial charge in [-0.25, -0.2) is 0 Å². The number of hydrogen-bond acceptors (Lipinski definition) is 4. The summed E-state index contributed by atoms with van der Waals surface area (Å²) < 4.78 is 11.7. The molecule has 0 heterocycles. The van der Waals surface area contributed by atoms with Crippen LogP contribution in [0.2, 0.25) is 0 Å². The molecule has 4 aliphatic carbocycles. The zero-order valence-corrected chi connectivity index (χ0v) is 21.1. The van der Waals surface area contributed by atoms with Crippen LogP contribution in [0.5, 0.6) is 0 Å². The van der Waals surface area contributed by atoms with Gasteiger partial charge in [-0.3, -0.25) is 4.79 Å². The molecule has 5 heteroatoms. The third kappa shape index (κ3) is 4.08. The van der Waals surface area contributed by atoms with Crippen molar-refractivity contribution in [1.29, 1.82) is 0 Å². The van der Waals surface area contributed by atoms with Crippen LogP contribution < -0.4 is 5.30 Å². The van der Waals surface area contributed by atoms with Crippen molar-refractivity contribution in [3.63, 3.8) is 0 Å². The van der Waals surface area contributed by atoms with Crippen LogP contribution in [0.1, 0.15) is 77.2 Å². The highest BCUT2D eigenvalue weighted by Gasteiger charge is 2.56. The lowest BCUT2D eigenvalue weighted by Crippen LogP contribution is -2.45. The van der Waals surface area contributed by atoms with Crippen molar-refractivity contribution in [2.75, 3.05) is 13.2 Å². The van der Waals surface area contributed by atoms with Crippen LogP contribution in [0, 0.1) is 17.3 Å². The van der Waals surface area contributed by atoms with Gasteiger partial charge in [0.15, 0.2) is 5.78 Å². The fourth-order valence-electron chi connectivity index (χ4n) is 7.18. The fraction of sp³-hybridized carbons (Fsp3) is 0.607. The van der Waals surface area contributed by atoms with E-state index in [1.807, 2.05) is 19.9 Å². The first-order valence-electron chi connectivity index (χ1n) is 12.8. The van der Waals surface area contributed by atoms with E-state index in [9.17, 15) is 9.90 Å². The Labute approximate surface area is 199 Å². The van der Waals surface area contributed by atoms with E-state index in [1.165, 1.54) is 16.7 Å². The highest BCUT2D eigenvalue weighted by molar-refractivity contribution is 7.56. The topological polar surface area (TPSA) is 55.8 Å². The minimum absolute atomic E-state index is 0.0347. The lowest BCUT2D eigenvalue weighted by atomic mass is 9.53. The molecule has 1 N–H and O–H groups in total. The predicted molar refractivity (Wildman–Crippen MR) is 133 cm³/mol. The second-order valence-corrected chi connectivity index (χ2v) is 11.9. The molecule has 0 aliphatic heterocycles. The van der Waals surface area contributed by atoms with Crippen LogP contribution in [0.25, 0.3) is 0 Å². The van der Waals surface area contributed by atoms with Gasteiger partial charge in [0.2, 0.25) is 8.38 Å². The summed E-state index contributed by atoms with van der Waals surface area (Å²) >= 11 is 0. The molecule has 0 saturated heterocycles. The van der Waals surface area contributed by atoms with Gasteiger partial charge in [-0.1, -0.05) is 24.6 Å². The van der Waals surface area contributed by atoms with E-state index in [2.05, 4.69) is 31.2 Å². The zero-order valence-electron chi connectivity index (χ0n) is 20.2. The van der Waals surface area contributed by atoms with Gasteiger partial charge >= 0.3 is 0 Å². The maximum Gasteiger partial charge on any atom is 0.205 e. The molecule has 0 spiro atoms. The summed E-state index contributed by atoms with van der Waals surface area (Å²) in [5, 5.41) is 12.1.